The van der Waals surface area contributed by atoms with Crippen molar-refractivity contribution in [1.29, 1.82) is 0 Å². The average Bonchev–Trinajstić information content (AvgIpc) is 2.79. The van der Waals surface area contributed by atoms with Gasteiger partial charge in [-0.1, -0.05) is 18.6 Å². The van der Waals surface area contributed by atoms with Crippen LogP contribution in [0, 0.1) is 0 Å². The van der Waals surface area contributed by atoms with E-state index in [0.29, 0.717) is 26.8 Å². The van der Waals surface area contributed by atoms with E-state index < -0.39 is 5.97 Å². The number of hydrogen-bond acceptors (Lipinski definition) is 6. The standard InChI is InChI=1S/C24H23BrO6/c1-28-20-12-11-15(13-18(20)25)23-24(22(27)17-9-5-6-10-19(17)31-23)29-14-21(26)30-16-7-3-2-4-8-16/h5-6,9-13,16H,2-4,7-8,14H2,1H3. The summed E-state index contributed by atoms with van der Waals surface area (Å²) in [4.78, 5) is 25.5. The molecule has 0 spiro atoms. The molecule has 1 saturated carbocycles. The summed E-state index contributed by atoms with van der Waals surface area (Å²) in [5.74, 6) is 0.389. The van der Waals surface area contributed by atoms with E-state index in [0.717, 1.165) is 25.7 Å². The second kappa shape index (κ2) is 9.56. The lowest BCUT2D eigenvalue weighted by Crippen LogP contribution is -2.25. The van der Waals surface area contributed by atoms with Gasteiger partial charge in [0.1, 0.15) is 17.4 Å². The van der Waals surface area contributed by atoms with Crippen molar-refractivity contribution in [2.75, 3.05) is 13.7 Å². The highest BCUT2D eigenvalue weighted by Crippen LogP contribution is 2.35. The van der Waals surface area contributed by atoms with E-state index in [-0.39, 0.29) is 29.6 Å². The first kappa shape index (κ1) is 21.4. The zero-order valence-corrected chi connectivity index (χ0v) is 18.8. The summed E-state index contributed by atoms with van der Waals surface area (Å²) < 4.78 is 23.2. The molecule has 1 aliphatic rings. The highest BCUT2D eigenvalue weighted by molar-refractivity contribution is 9.10. The molecule has 0 atom stereocenters. The van der Waals surface area contributed by atoms with Gasteiger partial charge in [0.15, 0.2) is 12.4 Å². The van der Waals surface area contributed by atoms with Crippen molar-refractivity contribution >= 4 is 32.9 Å². The number of hydrogen-bond donors (Lipinski definition) is 0. The molecule has 3 aromatic rings. The predicted molar refractivity (Wildman–Crippen MR) is 121 cm³/mol. The summed E-state index contributed by atoms with van der Waals surface area (Å²) in [5, 5.41) is 0.384. The fraction of sp³-hybridized carbons (Fsp3) is 0.333. The summed E-state index contributed by atoms with van der Waals surface area (Å²) in [6.07, 6.45) is 4.95. The Morgan fingerprint density at radius 3 is 2.65 bits per heavy atom. The maximum absolute atomic E-state index is 13.2. The molecule has 6 nitrogen and oxygen atoms in total. The number of benzene rings is 2. The van der Waals surface area contributed by atoms with E-state index in [1.807, 2.05) is 0 Å². The van der Waals surface area contributed by atoms with Crippen LogP contribution in [0.1, 0.15) is 32.1 Å². The Morgan fingerprint density at radius 1 is 1.13 bits per heavy atom. The van der Waals surface area contributed by atoms with Crippen LogP contribution in [-0.2, 0) is 9.53 Å². The third-order valence-electron chi connectivity index (χ3n) is 5.35. The second-order valence-corrected chi connectivity index (χ2v) is 8.33. The maximum Gasteiger partial charge on any atom is 0.344 e. The summed E-state index contributed by atoms with van der Waals surface area (Å²) in [5.41, 5.74) is 0.715. The molecule has 1 aliphatic carbocycles. The van der Waals surface area contributed by atoms with Gasteiger partial charge in [0, 0.05) is 5.56 Å². The molecule has 4 rings (SSSR count). The number of carbonyl (C=O) groups excluding carboxylic acids is 1. The van der Waals surface area contributed by atoms with Crippen molar-refractivity contribution in [1.82, 2.24) is 0 Å². The number of fused-ring (bicyclic) bond motifs is 1. The number of rotatable bonds is 6. The van der Waals surface area contributed by atoms with Crippen LogP contribution in [0.15, 0.2) is 56.1 Å². The SMILES string of the molecule is COc1ccc(-c2oc3ccccc3c(=O)c2OCC(=O)OC2CCCCC2)cc1Br. The minimum Gasteiger partial charge on any atom is -0.496 e. The first-order valence-corrected chi connectivity index (χ1v) is 11.1. The Kier molecular flexibility index (Phi) is 6.61. The quantitative estimate of drug-likeness (QED) is 0.429. The van der Waals surface area contributed by atoms with Crippen molar-refractivity contribution in [2.45, 2.75) is 38.2 Å². The van der Waals surface area contributed by atoms with Crippen LogP contribution in [0.4, 0.5) is 0 Å². The van der Waals surface area contributed by atoms with Crippen molar-refractivity contribution in [3.05, 3.63) is 57.2 Å². The number of esters is 1. The van der Waals surface area contributed by atoms with Crippen LogP contribution in [-0.4, -0.2) is 25.8 Å². The lowest BCUT2D eigenvalue weighted by molar-refractivity contribution is -0.152. The maximum atomic E-state index is 13.2. The summed E-state index contributed by atoms with van der Waals surface area (Å²) in [7, 11) is 1.57. The van der Waals surface area contributed by atoms with Crippen molar-refractivity contribution in [3.8, 4) is 22.8 Å². The van der Waals surface area contributed by atoms with Crippen LogP contribution in [0.25, 0.3) is 22.3 Å². The molecule has 31 heavy (non-hydrogen) atoms. The molecule has 0 aliphatic heterocycles. The molecule has 7 heteroatoms. The van der Waals surface area contributed by atoms with Crippen LogP contribution < -0.4 is 14.9 Å². The first-order chi connectivity index (χ1) is 15.1. The van der Waals surface area contributed by atoms with Gasteiger partial charge in [-0.25, -0.2) is 4.79 Å². The number of methoxy groups -OCH3 is 1. The molecule has 2 aromatic carbocycles. The Bertz CT molecular complexity index is 1150. The van der Waals surface area contributed by atoms with E-state index >= 15 is 0 Å². The lowest BCUT2D eigenvalue weighted by Gasteiger charge is -2.21. The van der Waals surface area contributed by atoms with Gasteiger partial charge in [0.05, 0.1) is 17.0 Å². The molecule has 0 unspecified atom stereocenters. The van der Waals surface area contributed by atoms with Gasteiger partial charge in [-0.3, -0.25) is 4.79 Å². The van der Waals surface area contributed by atoms with Gasteiger partial charge in [0.25, 0.3) is 0 Å². The molecule has 0 amide bonds. The Hall–Kier alpha value is -2.80. The Labute approximate surface area is 188 Å². The van der Waals surface area contributed by atoms with E-state index in [9.17, 15) is 9.59 Å². The molecular formula is C24H23BrO6. The Balaban J connectivity index is 1.66. The highest BCUT2D eigenvalue weighted by Gasteiger charge is 2.22. The predicted octanol–water partition coefficient (Wildman–Crippen LogP) is 5.49. The number of halogens is 1. The normalized spacial score (nSPS) is 14.4. The molecule has 0 N–H and O–H groups in total. The van der Waals surface area contributed by atoms with E-state index in [2.05, 4.69) is 15.9 Å². The average molecular weight is 487 g/mol. The monoisotopic (exact) mass is 486 g/mol. The minimum absolute atomic E-state index is 0.0173. The second-order valence-electron chi connectivity index (χ2n) is 7.47. The minimum atomic E-state index is -0.485. The van der Waals surface area contributed by atoms with Gasteiger partial charge in [0.2, 0.25) is 11.2 Å². The third kappa shape index (κ3) is 4.77. The van der Waals surface area contributed by atoms with Gasteiger partial charge in [-0.15, -0.1) is 0 Å². The molecule has 1 aromatic heterocycles. The van der Waals surface area contributed by atoms with Crippen LogP contribution >= 0.6 is 15.9 Å². The van der Waals surface area contributed by atoms with Crippen molar-refractivity contribution < 1.29 is 23.4 Å². The fourth-order valence-electron chi connectivity index (χ4n) is 3.79. The molecule has 162 valence electrons. The van der Waals surface area contributed by atoms with Crippen LogP contribution in [0.5, 0.6) is 11.5 Å². The zero-order valence-electron chi connectivity index (χ0n) is 17.2. The number of carbonyl (C=O) groups is 1. The lowest BCUT2D eigenvalue weighted by atomic mass is 9.98. The smallest absolute Gasteiger partial charge is 0.344 e. The largest absolute Gasteiger partial charge is 0.496 e. The van der Waals surface area contributed by atoms with Gasteiger partial charge in [-0.2, -0.15) is 0 Å². The Morgan fingerprint density at radius 2 is 1.90 bits per heavy atom. The van der Waals surface area contributed by atoms with E-state index in [4.69, 9.17) is 18.6 Å². The topological polar surface area (TPSA) is 75.0 Å². The summed E-state index contributed by atoms with van der Waals surface area (Å²) >= 11 is 3.46. The summed E-state index contributed by atoms with van der Waals surface area (Å²) in [6.45, 7) is -0.357. The molecule has 1 heterocycles. The first-order valence-electron chi connectivity index (χ1n) is 10.3. The van der Waals surface area contributed by atoms with E-state index in [1.165, 1.54) is 6.42 Å². The fourth-order valence-corrected chi connectivity index (χ4v) is 4.33. The van der Waals surface area contributed by atoms with Crippen molar-refractivity contribution in [2.24, 2.45) is 0 Å². The van der Waals surface area contributed by atoms with Crippen LogP contribution in [0.3, 0.4) is 0 Å². The highest BCUT2D eigenvalue weighted by atomic mass is 79.9. The van der Waals surface area contributed by atoms with Crippen molar-refractivity contribution in [3.63, 3.8) is 0 Å². The molecular weight excluding hydrogens is 464 g/mol. The van der Waals surface area contributed by atoms with Crippen LogP contribution in [0.2, 0.25) is 0 Å². The number of para-hydroxylation sites is 1. The summed E-state index contributed by atoms with van der Waals surface area (Å²) in [6, 6.07) is 12.2. The molecule has 0 saturated heterocycles. The molecule has 0 bridgehead atoms. The van der Waals surface area contributed by atoms with E-state index in [1.54, 1.807) is 49.6 Å². The zero-order chi connectivity index (χ0) is 21.8. The van der Waals surface area contributed by atoms with Gasteiger partial charge < -0.3 is 18.6 Å². The molecule has 1 fully saturated rings. The third-order valence-corrected chi connectivity index (χ3v) is 5.97. The van der Waals surface area contributed by atoms with Gasteiger partial charge in [-0.05, 0) is 71.9 Å². The molecule has 0 radical (unpaired) electrons. The van der Waals surface area contributed by atoms with Gasteiger partial charge >= 0.3 is 5.97 Å². The number of ether oxygens (including phenoxy) is 3.